The van der Waals surface area contributed by atoms with Crippen molar-refractivity contribution in [1.29, 1.82) is 0 Å². The number of hydrogen-bond acceptors (Lipinski definition) is 9. The molecule has 274 valence electrons. The zero-order valence-electron chi connectivity index (χ0n) is 29.7. The first kappa shape index (κ1) is 35.1. The minimum Gasteiger partial charge on any atom is -0.479 e. The summed E-state index contributed by atoms with van der Waals surface area (Å²) in [5, 5.41) is 15.8. The summed E-state index contributed by atoms with van der Waals surface area (Å²) >= 11 is 0. The maximum atomic E-state index is 14.4. The van der Waals surface area contributed by atoms with Crippen LogP contribution >= 0.6 is 0 Å². The molecule has 2 aromatic heterocycles. The number of rotatable bonds is 5. The van der Waals surface area contributed by atoms with Gasteiger partial charge in [0.25, 0.3) is 0 Å². The maximum Gasteiger partial charge on any atom is 0.408 e. The highest BCUT2D eigenvalue weighted by molar-refractivity contribution is 5.96. The molecule has 3 fully saturated rings. The van der Waals surface area contributed by atoms with Crippen LogP contribution in [0.4, 0.5) is 4.79 Å². The molecule has 2 saturated heterocycles. The molecule has 2 aliphatic heterocycles. The van der Waals surface area contributed by atoms with Gasteiger partial charge in [-0.2, -0.15) is 0 Å². The number of nitrogens with zero attached hydrogens (tertiary/aromatic N) is 4. The second-order valence-corrected chi connectivity index (χ2v) is 15.2. The second kappa shape index (κ2) is 14.0. The summed E-state index contributed by atoms with van der Waals surface area (Å²) in [6, 6.07) is 12.9. The molecular weight excluding hydrogens is 666 g/mol. The smallest absolute Gasteiger partial charge is 0.408 e. The number of aliphatic carboxylic acids is 1. The van der Waals surface area contributed by atoms with Crippen LogP contribution in [0, 0.1) is 5.92 Å². The average Bonchev–Trinajstić information content (AvgIpc) is 3.40. The fourth-order valence-corrected chi connectivity index (χ4v) is 7.44. The lowest BCUT2D eigenvalue weighted by Gasteiger charge is -2.30. The monoisotopic (exact) mass is 711 g/mol. The van der Waals surface area contributed by atoms with E-state index in [1.807, 2.05) is 48.5 Å². The standard InChI is InChI=1S/C38H45N7O7/c1-37(2,3)52-36(50)43-28-18-8-6-4-5-7-13-22-20-38(22,35(48)49)44-32(46)29-19-23(21-45(29)34(28)47)51-33-30(39-24-14-9-12-17-27(24)42-33)31-40-25-15-10-11-16-26(25)41-31/h9-12,14-17,22-23,28-29H,4-8,13,18-21H2,1-3H3,(H,40,41)(H,43,50)(H,44,46)(H,48,49)/t22?,23-,28+,29+,38?/m1/s1. The van der Waals surface area contributed by atoms with E-state index in [1.165, 1.54) is 4.90 Å². The number of carbonyl (C=O) groups excluding carboxylic acids is 3. The molecule has 7 rings (SSSR count). The number of para-hydroxylation sites is 4. The van der Waals surface area contributed by atoms with Crippen LogP contribution in [0.5, 0.6) is 5.88 Å². The van der Waals surface area contributed by atoms with Crippen LogP contribution in [-0.2, 0) is 19.1 Å². The first-order valence-electron chi connectivity index (χ1n) is 18.1. The lowest BCUT2D eigenvalue weighted by molar-refractivity contribution is -0.146. The van der Waals surface area contributed by atoms with Crippen molar-refractivity contribution < 1.29 is 33.8 Å². The van der Waals surface area contributed by atoms with Crippen LogP contribution in [0.3, 0.4) is 0 Å². The SMILES string of the molecule is CC(C)(C)OC(=O)N[C@H]1CCCCCCCC2CC2(C(=O)O)NC(=O)[C@@H]2C[C@@H](Oc3nc4ccccc4nc3-c3nc4ccccc4[nH]3)CN2C1=O. The third-order valence-electron chi connectivity index (χ3n) is 10.1. The number of hydrogen-bond donors (Lipinski definition) is 4. The van der Waals surface area contributed by atoms with Crippen molar-refractivity contribution in [3.8, 4) is 17.4 Å². The number of fused-ring (bicyclic) bond motifs is 4. The zero-order chi connectivity index (χ0) is 36.6. The summed E-state index contributed by atoms with van der Waals surface area (Å²) in [6.45, 7) is 5.21. The normalized spacial score (nSPS) is 25.7. The molecule has 4 heterocycles. The average molecular weight is 712 g/mol. The molecule has 3 aliphatic rings. The predicted octanol–water partition coefficient (Wildman–Crippen LogP) is 5.12. The predicted molar refractivity (Wildman–Crippen MR) is 191 cm³/mol. The molecule has 4 N–H and O–H groups in total. The van der Waals surface area contributed by atoms with Gasteiger partial charge in [0.2, 0.25) is 17.7 Å². The van der Waals surface area contributed by atoms with E-state index in [0.717, 1.165) is 36.7 Å². The van der Waals surface area contributed by atoms with Crippen LogP contribution in [0.1, 0.15) is 78.6 Å². The molecule has 0 bridgehead atoms. The van der Waals surface area contributed by atoms with Gasteiger partial charge in [-0.1, -0.05) is 56.4 Å². The number of aromatic nitrogens is 4. The summed E-state index contributed by atoms with van der Waals surface area (Å²) in [7, 11) is 0. The van der Waals surface area contributed by atoms with E-state index in [0.29, 0.717) is 48.2 Å². The van der Waals surface area contributed by atoms with Gasteiger partial charge >= 0.3 is 12.1 Å². The van der Waals surface area contributed by atoms with Gasteiger partial charge in [-0.3, -0.25) is 9.59 Å². The number of nitrogens with one attached hydrogen (secondary N) is 3. The van der Waals surface area contributed by atoms with E-state index in [-0.39, 0.29) is 24.8 Å². The Labute approximate surface area is 301 Å². The number of aromatic amines is 1. The Bertz CT molecular complexity index is 1980. The summed E-state index contributed by atoms with van der Waals surface area (Å²) < 4.78 is 12.1. The summed E-state index contributed by atoms with van der Waals surface area (Å²) in [4.78, 5) is 73.2. The molecule has 3 amide bonds. The number of amides is 3. The largest absolute Gasteiger partial charge is 0.479 e. The van der Waals surface area contributed by atoms with E-state index in [2.05, 4.69) is 15.6 Å². The summed E-state index contributed by atoms with van der Waals surface area (Å²) in [5.74, 6) is -1.68. The molecular formula is C38H45N7O7. The highest BCUT2D eigenvalue weighted by atomic mass is 16.6. The molecule has 52 heavy (non-hydrogen) atoms. The Hall–Kier alpha value is -5.27. The van der Waals surface area contributed by atoms with Gasteiger partial charge in [0.1, 0.15) is 29.3 Å². The van der Waals surface area contributed by atoms with E-state index in [9.17, 15) is 24.3 Å². The minimum atomic E-state index is -1.38. The molecule has 0 radical (unpaired) electrons. The molecule has 5 atom stereocenters. The van der Waals surface area contributed by atoms with E-state index in [4.69, 9.17) is 24.4 Å². The van der Waals surface area contributed by atoms with Crippen molar-refractivity contribution in [1.82, 2.24) is 35.5 Å². The Morgan fingerprint density at radius 3 is 2.31 bits per heavy atom. The number of carbonyl (C=O) groups is 4. The lowest BCUT2D eigenvalue weighted by atomic mass is 10.0. The first-order chi connectivity index (χ1) is 24.9. The number of benzene rings is 2. The van der Waals surface area contributed by atoms with Crippen LogP contribution in [0.15, 0.2) is 48.5 Å². The van der Waals surface area contributed by atoms with Gasteiger partial charge in [-0.05, 0) is 70.2 Å². The molecule has 4 aromatic rings. The molecule has 2 unspecified atom stereocenters. The number of ether oxygens (including phenoxy) is 2. The highest BCUT2D eigenvalue weighted by Crippen LogP contribution is 2.47. The number of imidazole rings is 1. The van der Waals surface area contributed by atoms with Crippen molar-refractivity contribution in [2.45, 2.75) is 108 Å². The van der Waals surface area contributed by atoms with Crippen molar-refractivity contribution >= 4 is 45.9 Å². The van der Waals surface area contributed by atoms with Gasteiger partial charge < -0.3 is 35.1 Å². The van der Waals surface area contributed by atoms with E-state index < -0.39 is 53.2 Å². The first-order valence-corrected chi connectivity index (χ1v) is 18.1. The number of carboxylic acids is 1. The van der Waals surface area contributed by atoms with Crippen molar-refractivity contribution in [2.75, 3.05) is 6.54 Å². The topological polar surface area (TPSA) is 189 Å². The Morgan fingerprint density at radius 2 is 1.60 bits per heavy atom. The Balaban J connectivity index is 1.22. The minimum absolute atomic E-state index is 0.0129. The van der Waals surface area contributed by atoms with Crippen molar-refractivity contribution in [3.05, 3.63) is 48.5 Å². The van der Waals surface area contributed by atoms with E-state index in [1.54, 1.807) is 20.8 Å². The van der Waals surface area contributed by atoms with Crippen LogP contribution in [0.2, 0.25) is 0 Å². The lowest BCUT2D eigenvalue weighted by Crippen LogP contribution is -2.56. The van der Waals surface area contributed by atoms with Crippen LogP contribution in [0.25, 0.3) is 33.6 Å². The molecule has 1 saturated carbocycles. The molecule has 1 aliphatic carbocycles. The fraction of sp³-hybridized carbons (Fsp3) is 0.500. The zero-order valence-corrected chi connectivity index (χ0v) is 29.7. The van der Waals surface area contributed by atoms with E-state index >= 15 is 0 Å². The van der Waals surface area contributed by atoms with Gasteiger partial charge in [-0.15, -0.1) is 0 Å². The van der Waals surface area contributed by atoms with Crippen LogP contribution in [-0.4, -0.2) is 89.7 Å². The van der Waals surface area contributed by atoms with Gasteiger partial charge in [0, 0.05) is 6.42 Å². The third-order valence-corrected chi connectivity index (χ3v) is 10.1. The highest BCUT2D eigenvalue weighted by Gasteiger charge is 2.62. The fourth-order valence-electron chi connectivity index (χ4n) is 7.44. The van der Waals surface area contributed by atoms with Gasteiger partial charge in [-0.25, -0.2) is 24.5 Å². The molecule has 0 spiro atoms. The third kappa shape index (κ3) is 7.37. The number of H-pyrrole nitrogens is 1. The number of alkyl carbamates (subject to hydrolysis) is 1. The molecule has 2 aromatic carbocycles. The Kier molecular flexibility index (Phi) is 9.49. The second-order valence-electron chi connectivity index (χ2n) is 15.2. The molecule has 14 heteroatoms. The van der Waals surface area contributed by atoms with Gasteiger partial charge in [0.05, 0.1) is 28.6 Å². The Morgan fingerprint density at radius 1 is 0.923 bits per heavy atom. The quantitative estimate of drug-likeness (QED) is 0.216. The number of carboxylic acid groups (broad SMARTS) is 1. The maximum absolute atomic E-state index is 14.4. The van der Waals surface area contributed by atoms with Crippen molar-refractivity contribution in [3.63, 3.8) is 0 Å². The van der Waals surface area contributed by atoms with Crippen molar-refractivity contribution in [2.24, 2.45) is 5.92 Å². The van der Waals surface area contributed by atoms with Crippen LogP contribution < -0.4 is 15.4 Å². The summed E-state index contributed by atoms with van der Waals surface area (Å²) in [6.07, 6.45) is 4.17. The van der Waals surface area contributed by atoms with Gasteiger partial charge in [0.15, 0.2) is 11.5 Å². The molecule has 14 nitrogen and oxygen atoms in total. The summed E-state index contributed by atoms with van der Waals surface area (Å²) in [5.41, 5.74) is 0.967.